The maximum Gasteiger partial charge on any atom is 0.444 e. The molecule has 0 heterocycles. The minimum atomic E-state index is -4.48. The average Bonchev–Trinajstić information content (AvgIpc) is 2.96. The van der Waals surface area contributed by atoms with E-state index in [0.29, 0.717) is 12.8 Å². The molecule has 0 amide bonds. The third kappa shape index (κ3) is 5.36. The van der Waals surface area contributed by atoms with Crippen molar-refractivity contribution < 1.29 is 22.7 Å². The Morgan fingerprint density at radius 1 is 1.24 bits per heavy atom. The van der Waals surface area contributed by atoms with Crippen LogP contribution in [0, 0.1) is 5.92 Å². The summed E-state index contributed by atoms with van der Waals surface area (Å²) in [6.45, 7) is 0.00699. The third-order valence-corrected chi connectivity index (χ3v) is 4.32. The molecule has 1 unspecified atom stereocenters. The van der Waals surface area contributed by atoms with E-state index in [9.17, 15) is 18.0 Å². The fraction of sp³-hybridized carbons (Fsp3) is 0.533. The molecule has 0 aliphatic heterocycles. The Bertz CT molecular complexity index is 456. The van der Waals surface area contributed by atoms with Gasteiger partial charge in [0.05, 0.1) is 6.61 Å². The summed E-state index contributed by atoms with van der Waals surface area (Å²) >= 11 is -0.356. The van der Waals surface area contributed by atoms with Gasteiger partial charge in [0.2, 0.25) is 0 Å². The van der Waals surface area contributed by atoms with Crippen molar-refractivity contribution >= 4 is 17.5 Å². The Morgan fingerprint density at radius 2 is 1.86 bits per heavy atom. The topological polar surface area (TPSA) is 26.3 Å². The standard InChI is InChI=1S/C15H17F3O2S/c16-15(17,18)21-14(13(19)12-8-4-5-9-12)20-10-11-6-2-1-3-7-11/h1-3,6-7,12,14H,4-5,8-10H2. The van der Waals surface area contributed by atoms with Crippen molar-refractivity contribution in [3.05, 3.63) is 35.9 Å². The second kappa shape index (κ2) is 7.31. The van der Waals surface area contributed by atoms with E-state index in [-0.39, 0.29) is 24.3 Å². The molecule has 6 heteroatoms. The minimum Gasteiger partial charge on any atom is -0.355 e. The molecular formula is C15H17F3O2S. The van der Waals surface area contributed by atoms with Gasteiger partial charge in [-0.3, -0.25) is 4.79 Å². The summed E-state index contributed by atoms with van der Waals surface area (Å²) < 4.78 is 43.1. The zero-order chi connectivity index (χ0) is 15.3. The normalized spacial score (nSPS) is 17.9. The number of carbonyl (C=O) groups is 1. The van der Waals surface area contributed by atoms with Gasteiger partial charge < -0.3 is 4.74 Å². The smallest absolute Gasteiger partial charge is 0.355 e. The Kier molecular flexibility index (Phi) is 5.70. The Morgan fingerprint density at radius 3 is 2.43 bits per heavy atom. The number of thioether (sulfide) groups is 1. The van der Waals surface area contributed by atoms with Crippen LogP contribution in [0.1, 0.15) is 31.2 Å². The molecule has 1 aliphatic carbocycles. The zero-order valence-electron chi connectivity index (χ0n) is 11.4. The van der Waals surface area contributed by atoms with Gasteiger partial charge in [-0.15, -0.1) is 0 Å². The maximum absolute atomic E-state index is 12.6. The quantitative estimate of drug-likeness (QED) is 0.720. The van der Waals surface area contributed by atoms with Crippen molar-refractivity contribution in [2.24, 2.45) is 5.92 Å². The van der Waals surface area contributed by atoms with Crippen LogP contribution in [0.25, 0.3) is 0 Å². The van der Waals surface area contributed by atoms with Gasteiger partial charge in [0.25, 0.3) is 0 Å². The summed E-state index contributed by atoms with van der Waals surface area (Å²) in [6.07, 6.45) is 3.14. The summed E-state index contributed by atoms with van der Waals surface area (Å²) in [6, 6.07) is 8.90. The third-order valence-electron chi connectivity index (χ3n) is 3.47. The molecule has 0 N–H and O–H groups in total. The van der Waals surface area contributed by atoms with Crippen LogP contribution in [0.4, 0.5) is 13.2 Å². The first kappa shape index (κ1) is 16.4. The second-order valence-electron chi connectivity index (χ2n) is 5.08. The largest absolute Gasteiger partial charge is 0.444 e. The Labute approximate surface area is 126 Å². The van der Waals surface area contributed by atoms with Gasteiger partial charge in [-0.2, -0.15) is 13.2 Å². The van der Waals surface area contributed by atoms with E-state index in [4.69, 9.17) is 4.74 Å². The molecule has 116 valence electrons. The van der Waals surface area contributed by atoms with Crippen molar-refractivity contribution in [3.8, 4) is 0 Å². The van der Waals surface area contributed by atoms with Gasteiger partial charge in [0.1, 0.15) is 0 Å². The van der Waals surface area contributed by atoms with Gasteiger partial charge in [-0.1, -0.05) is 43.2 Å². The van der Waals surface area contributed by atoms with E-state index in [0.717, 1.165) is 18.4 Å². The predicted molar refractivity (Wildman–Crippen MR) is 75.6 cm³/mol. The van der Waals surface area contributed by atoms with Crippen LogP contribution >= 0.6 is 11.8 Å². The molecule has 0 aromatic heterocycles. The van der Waals surface area contributed by atoms with Gasteiger partial charge in [0, 0.05) is 5.92 Å². The van der Waals surface area contributed by atoms with Gasteiger partial charge in [-0.25, -0.2) is 0 Å². The van der Waals surface area contributed by atoms with E-state index in [1.165, 1.54) is 0 Å². The number of alkyl halides is 3. The summed E-state index contributed by atoms with van der Waals surface area (Å²) in [5.41, 5.74) is -5.19. The maximum atomic E-state index is 12.6. The van der Waals surface area contributed by atoms with E-state index in [1.807, 2.05) is 6.07 Å². The summed E-state index contributed by atoms with van der Waals surface area (Å²) in [7, 11) is 0. The lowest BCUT2D eigenvalue weighted by molar-refractivity contribution is -0.130. The van der Waals surface area contributed by atoms with Gasteiger partial charge in [0.15, 0.2) is 11.2 Å². The molecule has 1 aromatic rings. The molecule has 1 atom stereocenters. The highest BCUT2D eigenvalue weighted by Crippen LogP contribution is 2.38. The number of benzene rings is 1. The van der Waals surface area contributed by atoms with Crippen LogP contribution in [-0.4, -0.2) is 16.7 Å². The molecule has 2 rings (SSSR count). The van der Waals surface area contributed by atoms with Crippen LogP contribution in [0.2, 0.25) is 0 Å². The van der Waals surface area contributed by atoms with Crippen LogP contribution in [0.15, 0.2) is 30.3 Å². The number of carbonyl (C=O) groups excluding carboxylic acids is 1. The highest BCUT2D eigenvalue weighted by molar-refractivity contribution is 8.01. The van der Waals surface area contributed by atoms with Gasteiger partial charge >= 0.3 is 5.51 Å². The van der Waals surface area contributed by atoms with Crippen LogP contribution in [-0.2, 0) is 16.1 Å². The highest BCUT2D eigenvalue weighted by atomic mass is 32.2. The number of ether oxygens (including phenoxy) is 1. The van der Waals surface area contributed by atoms with Crippen LogP contribution in [0.3, 0.4) is 0 Å². The van der Waals surface area contributed by atoms with Crippen molar-refractivity contribution in [1.29, 1.82) is 0 Å². The summed E-state index contributed by atoms with van der Waals surface area (Å²) in [5, 5.41) is 0. The molecule has 1 fully saturated rings. The second-order valence-corrected chi connectivity index (χ2v) is 6.20. The molecular weight excluding hydrogens is 301 g/mol. The number of hydrogen-bond acceptors (Lipinski definition) is 3. The van der Waals surface area contributed by atoms with Crippen LogP contribution < -0.4 is 0 Å². The molecule has 0 saturated heterocycles. The Balaban J connectivity index is 1.99. The fourth-order valence-corrected chi connectivity index (χ4v) is 3.13. The number of ketones is 1. The number of Topliss-reactive ketones (excluding diaryl/α,β-unsaturated/α-hetero) is 1. The fourth-order valence-electron chi connectivity index (χ4n) is 2.44. The molecule has 0 spiro atoms. The molecule has 1 aliphatic rings. The molecule has 0 radical (unpaired) electrons. The van der Waals surface area contributed by atoms with Crippen molar-refractivity contribution in [2.45, 2.75) is 43.2 Å². The monoisotopic (exact) mass is 318 g/mol. The van der Waals surface area contributed by atoms with Crippen molar-refractivity contribution in [2.75, 3.05) is 0 Å². The molecule has 21 heavy (non-hydrogen) atoms. The Hall–Kier alpha value is -1.01. The van der Waals surface area contributed by atoms with Gasteiger partial charge in [-0.05, 0) is 30.2 Å². The van der Waals surface area contributed by atoms with Crippen LogP contribution in [0.5, 0.6) is 0 Å². The lowest BCUT2D eigenvalue weighted by atomic mass is 10.0. The number of hydrogen-bond donors (Lipinski definition) is 0. The zero-order valence-corrected chi connectivity index (χ0v) is 12.3. The van der Waals surface area contributed by atoms with E-state index in [2.05, 4.69) is 0 Å². The number of halogens is 3. The predicted octanol–water partition coefficient (Wildman–Crippen LogP) is 4.54. The molecule has 1 saturated carbocycles. The molecule has 0 bridgehead atoms. The lowest BCUT2D eigenvalue weighted by Crippen LogP contribution is -2.29. The first-order chi connectivity index (χ1) is 9.96. The molecule has 1 aromatic carbocycles. The van der Waals surface area contributed by atoms with E-state index >= 15 is 0 Å². The van der Waals surface area contributed by atoms with E-state index in [1.54, 1.807) is 24.3 Å². The van der Waals surface area contributed by atoms with Crippen molar-refractivity contribution in [1.82, 2.24) is 0 Å². The van der Waals surface area contributed by atoms with Crippen molar-refractivity contribution in [3.63, 3.8) is 0 Å². The number of rotatable bonds is 6. The average molecular weight is 318 g/mol. The first-order valence-electron chi connectivity index (χ1n) is 6.89. The minimum absolute atomic E-state index is 0.00699. The summed E-state index contributed by atoms with van der Waals surface area (Å²) in [5.74, 6) is -0.716. The van der Waals surface area contributed by atoms with E-state index < -0.39 is 16.7 Å². The lowest BCUT2D eigenvalue weighted by Gasteiger charge is -2.20. The summed E-state index contributed by atoms with van der Waals surface area (Å²) in [4.78, 5) is 12.2. The SMILES string of the molecule is O=C(C1CCCC1)C(OCc1ccccc1)SC(F)(F)F. The molecule has 2 nitrogen and oxygen atoms in total. The first-order valence-corrected chi connectivity index (χ1v) is 7.77. The highest BCUT2D eigenvalue weighted by Gasteiger charge is 2.40.